The third-order valence-electron chi connectivity index (χ3n) is 3.64. The van der Waals surface area contributed by atoms with Gasteiger partial charge in [0, 0.05) is 30.5 Å². The van der Waals surface area contributed by atoms with Crippen molar-refractivity contribution in [1.29, 1.82) is 0 Å². The number of hydrogen-bond donors (Lipinski definition) is 2. The van der Waals surface area contributed by atoms with E-state index >= 15 is 0 Å². The SMILES string of the molecule is C1=CN(c2ccccc2)C(C2CCCNC2)N1. The van der Waals surface area contributed by atoms with Gasteiger partial charge >= 0.3 is 0 Å². The van der Waals surface area contributed by atoms with E-state index in [2.05, 4.69) is 58.3 Å². The molecule has 0 radical (unpaired) electrons. The Balaban J connectivity index is 1.77. The molecular formula is C14H19N3. The van der Waals surface area contributed by atoms with Crippen molar-refractivity contribution in [3.05, 3.63) is 42.7 Å². The minimum absolute atomic E-state index is 0.408. The van der Waals surface area contributed by atoms with Crippen LogP contribution in [0.1, 0.15) is 12.8 Å². The highest BCUT2D eigenvalue weighted by atomic mass is 15.3. The third kappa shape index (κ3) is 2.15. The Hall–Kier alpha value is -1.48. The van der Waals surface area contributed by atoms with Crippen molar-refractivity contribution in [1.82, 2.24) is 10.6 Å². The Morgan fingerprint density at radius 1 is 1.18 bits per heavy atom. The Labute approximate surface area is 103 Å². The summed E-state index contributed by atoms with van der Waals surface area (Å²) in [7, 11) is 0. The topological polar surface area (TPSA) is 27.3 Å². The number of benzene rings is 1. The standard InChI is InChI=1S/C14H19N3/c1-2-6-13(7-3-1)17-10-9-16-14(17)12-5-4-8-15-11-12/h1-3,6-7,9-10,12,14-16H,4-5,8,11H2. The van der Waals surface area contributed by atoms with Crippen LogP contribution in [0.4, 0.5) is 5.69 Å². The molecule has 2 atom stereocenters. The summed E-state index contributed by atoms with van der Waals surface area (Å²) in [5, 5.41) is 6.97. The van der Waals surface area contributed by atoms with Gasteiger partial charge in [-0.25, -0.2) is 0 Å². The van der Waals surface area contributed by atoms with E-state index in [-0.39, 0.29) is 0 Å². The summed E-state index contributed by atoms with van der Waals surface area (Å²) >= 11 is 0. The molecular weight excluding hydrogens is 210 g/mol. The summed E-state index contributed by atoms with van der Waals surface area (Å²) in [6.07, 6.45) is 7.20. The second-order valence-electron chi connectivity index (χ2n) is 4.78. The fraction of sp³-hybridized carbons (Fsp3) is 0.429. The lowest BCUT2D eigenvalue weighted by atomic mass is 9.95. The first-order valence-electron chi connectivity index (χ1n) is 6.42. The van der Waals surface area contributed by atoms with E-state index in [1.165, 1.54) is 25.1 Å². The number of nitrogens with zero attached hydrogens (tertiary/aromatic N) is 1. The molecule has 2 unspecified atom stereocenters. The zero-order chi connectivity index (χ0) is 11.5. The maximum atomic E-state index is 3.49. The van der Waals surface area contributed by atoms with Crippen molar-refractivity contribution in [3.63, 3.8) is 0 Å². The van der Waals surface area contributed by atoms with Crippen LogP contribution in [0.2, 0.25) is 0 Å². The van der Waals surface area contributed by atoms with E-state index in [4.69, 9.17) is 0 Å². The molecule has 90 valence electrons. The summed E-state index contributed by atoms with van der Waals surface area (Å²) in [4.78, 5) is 2.34. The lowest BCUT2D eigenvalue weighted by Crippen LogP contribution is -2.48. The highest BCUT2D eigenvalue weighted by Crippen LogP contribution is 2.26. The van der Waals surface area contributed by atoms with Gasteiger partial charge < -0.3 is 15.5 Å². The van der Waals surface area contributed by atoms with Gasteiger partial charge in [0.1, 0.15) is 6.17 Å². The van der Waals surface area contributed by atoms with E-state index in [1.54, 1.807) is 0 Å². The van der Waals surface area contributed by atoms with Gasteiger partial charge in [0.2, 0.25) is 0 Å². The fourth-order valence-corrected chi connectivity index (χ4v) is 2.75. The molecule has 2 N–H and O–H groups in total. The second-order valence-corrected chi connectivity index (χ2v) is 4.78. The van der Waals surface area contributed by atoms with Crippen molar-refractivity contribution in [3.8, 4) is 0 Å². The maximum absolute atomic E-state index is 3.49. The first kappa shape index (κ1) is 10.7. The molecule has 3 nitrogen and oxygen atoms in total. The average molecular weight is 229 g/mol. The summed E-state index contributed by atoms with van der Waals surface area (Å²) in [6, 6.07) is 10.6. The van der Waals surface area contributed by atoms with Crippen LogP contribution in [0.25, 0.3) is 0 Å². The number of nitrogens with one attached hydrogen (secondary N) is 2. The quantitative estimate of drug-likeness (QED) is 0.811. The predicted octanol–water partition coefficient (Wildman–Crippen LogP) is 1.89. The van der Waals surface area contributed by atoms with Gasteiger partial charge in [-0.1, -0.05) is 18.2 Å². The Bertz CT molecular complexity index is 382. The zero-order valence-corrected chi connectivity index (χ0v) is 9.97. The molecule has 0 amide bonds. The highest BCUT2D eigenvalue weighted by Gasteiger charge is 2.29. The number of hydrogen-bond acceptors (Lipinski definition) is 3. The van der Waals surface area contributed by atoms with Crippen LogP contribution in [0.15, 0.2) is 42.7 Å². The molecule has 0 spiro atoms. The Kier molecular flexibility index (Phi) is 3.01. The highest BCUT2D eigenvalue weighted by molar-refractivity contribution is 5.51. The van der Waals surface area contributed by atoms with Crippen molar-refractivity contribution in [2.45, 2.75) is 19.0 Å². The van der Waals surface area contributed by atoms with Crippen LogP contribution in [-0.4, -0.2) is 19.3 Å². The van der Waals surface area contributed by atoms with Crippen molar-refractivity contribution >= 4 is 5.69 Å². The van der Waals surface area contributed by atoms with Gasteiger partial charge in [0.25, 0.3) is 0 Å². The van der Waals surface area contributed by atoms with E-state index < -0.39 is 0 Å². The minimum Gasteiger partial charge on any atom is -0.369 e. The van der Waals surface area contributed by atoms with Crippen molar-refractivity contribution in [2.24, 2.45) is 5.92 Å². The Morgan fingerprint density at radius 3 is 2.82 bits per heavy atom. The molecule has 2 heterocycles. The van der Waals surface area contributed by atoms with Gasteiger partial charge in [-0.05, 0) is 31.5 Å². The van der Waals surface area contributed by atoms with E-state index in [9.17, 15) is 0 Å². The lowest BCUT2D eigenvalue weighted by molar-refractivity contribution is 0.309. The van der Waals surface area contributed by atoms with E-state index in [0.29, 0.717) is 12.1 Å². The first-order chi connectivity index (χ1) is 8.45. The lowest BCUT2D eigenvalue weighted by Gasteiger charge is -2.35. The smallest absolute Gasteiger partial charge is 0.107 e. The van der Waals surface area contributed by atoms with Crippen LogP contribution in [0.5, 0.6) is 0 Å². The second kappa shape index (κ2) is 4.80. The van der Waals surface area contributed by atoms with Crippen LogP contribution < -0.4 is 15.5 Å². The molecule has 1 fully saturated rings. The molecule has 3 rings (SSSR count). The van der Waals surface area contributed by atoms with Gasteiger partial charge in [0.15, 0.2) is 0 Å². The molecule has 1 saturated heterocycles. The maximum Gasteiger partial charge on any atom is 0.107 e. The fourth-order valence-electron chi connectivity index (χ4n) is 2.75. The third-order valence-corrected chi connectivity index (χ3v) is 3.64. The first-order valence-corrected chi connectivity index (χ1v) is 6.42. The summed E-state index contributed by atoms with van der Waals surface area (Å²) in [5.74, 6) is 0.680. The van der Waals surface area contributed by atoms with Gasteiger partial charge in [-0.2, -0.15) is 0 Å². The number of para-hydroxylation sites is 1. The number of rotatable bonds is 2. The molecule has 2 aliphatic rings. The number of anilines is 1. The zero-order valence-electron chi connectivity index (χ0n) is 9.97. The molecule has 17 heavy (non-hydrogen) atoms. The van der Waals surface area contributed by atoms with Gasteiger partial charge in [0.05, 0.1) is 0 Å². The monoisotopic (exact) mass is 229 g/mol. The minimum atomic E-state index is 0.408. The predicted molar refractivity (Wildman–Crippen MR) is 70.6 cm³/mol. The van der Waals surface area contributed by atoms with E-state index in [1.807, 2.05) is 0 Å². The molecule has 3 heteroatoms. The largest absolute Gasteiger partial charge is 0.369 e. The van der Waals surface area contributed by atoms with Gasteiger partial charge in [-0.15, -0.1) is 0 Å². The van der Waals surface area contributed by atoms with Crippen LogP contribution in [-0.2, 0) is 0 Å². The Morgan fingerprint density at radius 2 is 2.06 bits per heavy atom. The van der Waals surface area contributed by atoms with Crippen molar-refractivity contribution < 1.29 is 0 Å². The number of piperidine rings is 1. The molecule has 1 aromatic carbocycles. The van der Waals surface area contributed by atoms with Crippen molar-refractivity contribution in [2.75, 3.05) is 18.0 Å². The van der Waals surface area contributed by atoms with Gasteiger partial charge in [-0.3, -0.25) is 0 Å². The van der Waals surface area contributed by atoms with E-state index in [0.717, 1.165) is 6.54 Å². The molecule has 0 aliphatic carbocycles. The molecule has 0 aromatic heterocycles. The molecule has 2 aliphatic heterocycles. The molecule has 1 aromatic rings. The average Bonchev–Trinajstić information content (AvgIpc) is 2.90. The summed E-state index contributed by atoms with van der Waals surface area (Å²) < 4.78 is 0. The van der Waals surface area contributed by atoms with Crippen LogP contribution >= 0.6 is 0 Å². The molecule has 0 bridgehead atoms. The summed E-state index contributed by atoms with van der Waals surface area (Å²) in [5.41, 5.74) is 1.27. The van der Waals surface area contributed by atoms with Crippen LogP contribution in [0.3, 0.4) is 0 Å². The summed E-state index contributed by atoms with van der Waals surface area (Å²) in [6.45, 7) is 2.28. The van der Waals surface area contributed by atoms with Crippen LogP contribution in [0, 0.1) is 5.92 Å². The molecule has 0 saturated carbocycles. The normalized spacial score (nSPS) is 28.1.